The van der Waals surface area contributed by atoms with Crippen molar-refractivity contribution in [1.82, 2.24) is 9.78 Å². The topological polar surface area (TPSA) is 55.2 Å². The molecule has 74 valence electrons. The van der Waals surface area contributed by atoms with Gasteiger partial charge in [-0.1, -0.05) is 0 Å². The van der Waals surface area contributed by atoms with Crippen LogP contribution < -0.4 is 4.31 Å². The molecule has 13 heavy (non-hydrogen) atoms. The Bertz CT molecular complexity index is 407. The van der Waals surface area contributed by atoms with Gasteiger partial charge >= 0.3 is 0 Å². The number of anilines is 1. The van der Waals surface area contributed by atoms with Gasteiger partial charge in [-0.05, 0) is 6.92 Å². The number of rotatable bonds is 2. The van der Waals surface area contributed by atoms with Crippen molar-refractivity contribution in [3.63, 3.8) is 0 Å². The van der Waals surface area contributed by atoms with Gasteiger partial charge in [0.15, 0.2) is 0 Å². The van der Waals surface area contributed by atoms with E-state index in [2.05, 4.69) is 5.10 Å². The van der Waals surface area contributed by atoms with Crippen molar-refractivity contribution in [3.05, 3.63) is 11.8 Å². The van der Waals surface area contributed by atoms with Crippen LogP contribution in [-0.4, -0.2) is 31.5 Å². The van der Waals surface area contributed by atoms with Crippen molar-refractivity contribution in [3.8, 4) is 0 Å². The Morgan fingerprint density at radius 3 is 2.38 bits per heavy atom. The monoisotopic (exact) mass is 203 g/mol. The van der Waals surface area contributed by atoms with Gasteiger partial charge < -0.3 is 0 Å². The van der Waals surface area contributed by atoms with E-state index in [-0.39, 0.29) is 0 Å². The predicted molar refractivity (Wildman–Crippen MR) is 51.2 cm³/mol. The Labute approximate surface area is 78.0 Å². The molecule has 1 aromatic heterocycles. The molecule has 1 aromatic rings. The molecule has 0 saturated carbocycles. The number of hydrogen-bond donors (Lipinski definition) is 0. The van der Waals surface area contributed by atoms with E-state index in [4.69, 9.17) is 0 Å². The van der Waals surface area contributed by atoms with Gasteiger partial charge in [0.25, 0.3) is 0 Å². The van der Waals surface area contributed by atoms with E-state index in [1.165, 1.54) is 16.0 Å². The van der Waals surface area contributed by atoms with Crippen LogP contribution in [0.15, 0.2) is 6.07 Å². The Balaban J connectivity index is 3.16. The molecule has 0 aliphatic rings. The van der Waals surface area contributed by atoms with E-state index < -0.39 is 10.0 Å². The third-order valence-electron chi connectivity index (χ3n) is 1.80. The van der Waals surface area contributed by atoms with Crippen LogP contribution in [0, 0.1) is 6.92 Å². The molecule has 0 aromatic carbocycles. The van der Waals surface area contributed by atoms with Crippen LogP contribution in [0.2, 0.25) is 0 Å². The van der Waals surface area contributed by atoms with Crippen LogP contribution in [0.3, 0.4) is 0 Å². The molecule has 0 fully saturated rings. The average Bonchev–Trinajstić information content (AvgIpc) is 2.26. The number of aryl methyl sites for hydroxylation is 2. The Kier molecular flexibility index (Phi) is 2.34. The zero-order valence-corrected chi connectivity index (χ0v) is 8.96. The number of aromatic nitrogens is 2. The number of hydrogen-bond acceptors (Lipinski definition) is 3. The molecule has 0 amide bonds. The molecule has 0 aliphatic heterocycles. The van der Waals surface area contributed by atoms with Crippen LogP contribution >= 0.6 is 0 Å². The lowest BCUT2D eigenvalue weighted by molar-refractivity contribution is 0.598. The molecule has 0 saturated heterocycles. The summed E-state index contributed by atoms with van der Waals surface area (Å²) in [7, 11) is 0.0255. The van der Waals surface area contributed by atoms with Crippen LogP contribution in [0.1, 0.15) is 5.69 Å². The van der Waals surface area contributed by atoms with Gasteiger partial charge in [0.2, 0.25) is 10.0 Å². The molecule has 1 heterocycles. The van der Waals surface area contributed by atoms with Crippen molar-refractivity contribution in [2.24, 2.45) is 7.05 Å². The molecule has 0 aliphatic carbocycles. The molecule has 0 N–H and O–H groups in total. The highest BCUT2D eigenvalue weighted by molar-refractivity contribution is 7.92. The second kappa shape index (κ2) is 3.02. The van der Waals surface area contributed by atoms with Crippen molar-refractivity contribution in [2.45, 2.75) is 6.92 Å². The molecule has 0 bridgehead atoms. The van der Waals surface area contributed by atoms with Gasteiger partial charge in [-0.3, -0.25) is 8.99 Å². The first-order valence-electron chi connectivity index (χ1n) is 3.77. The van der Waals surface area contributed by atoms with Crippen molar-refractivity contribution in [2.75, 3.05) is 17.6 Å². The van der Waals surface area contributed by atoms with Crippen LogP contribution in [0.25, 0.3) is 0 Å². The first-order valence-corrected chi connectivity index (χ1v) is 5.62. The lowest BCUT2D eigenvalue weighted by Crippen LogP contribution is -2.26. The predicted octanol–water partition coefficient (Wildman–Crippen LogP) is 0.124. The Morgan fingerprint density at radius 2 is 2.08 bits per heavy atom. The van der Waals surface area contributed by atoms with Gasteiger partial charge in [0.1, 0.15) is 5.82 Å². The summed E-state index contributed by atoms with van der Waals surface area (Å²) in [6.07, 6.45) is 1.16. The van der Waals surface area contributed by atoms with E-state index in [9.17, 15) is 8.42 Å². The summed E-state index contributed by atoms with van der Waals surface area (Å²) in [5, 5.41) is 4.06. The molecular formula is C7H13N3O2S. The molecule has 5 nitrogen and oxygen atoms in total. The normalized spacial score (nSPS) is 11.7. The Morgan fingerprint density at radius 1 is 1.54 bits per heavy atom. The second-order valence-electron chi connectivity index (χ2n) is 3.00. The minimum absolute atomic E-state index is 0.569. The highest BCUT2D eigenvalue weighted by Crippen LogP contribution is 2.15. The molecule has 1 rings (SSSR count). The van der Waals surface area contributed by atoms with E-state index in [0.717, 1.165) is 11.9 Å². The second-order valence-corrected chi connectivity index (χ2v) is 5.01. The van der Waals surface area contributed by atoms with Crippen LogP contribution in [0.4, 0.5) is 5.82 Å². The van der Waals surface area contributed by atoms with Gasteiger partial charge in [-0.2, -0.15) is 5.10 Å². The average molecular weight is 203 g/mol. The number of sulfonamides is 1. The maximum Gasteiger partial charge on any atom is 0.233 e. The fourth-order valence-corrected chi connectivity index (χ4v) is 1.57. The maximum absolute atomic E-state index is 11.2. The lowest BCUT2D eigenvalue weighted by atomic mass is 10.5. The van der Waals surface area contributed by atoms with Crippen LogP contribution in [-0.2, 0) is 17.1 Å². The SMILES string of the molecule is Cc1cc(N(C)S(C)(=O)=O)n(C)n1. The van der Waals surface area contributed by atoms with E-state index >= 15 is 0 Å². The van der Waals surface area contributed by atoms with Gasteiger partial charge in [0.05, 0.1) is 11.9 Å². The first-order chi connectivity index (χ1) is 5.82. The van der Waals surface area contributed by atoms with E-state index in [1.807, 2.05) is 6.92 Å². The molecule has 6 heteroatoms. The lowest BCUT2D eigenvalue weighted by Gasteiger charge is -2.15. The highest BCUT2D eigenvalue weighted by Gasteiger charge is 2.15. The minimum atomic E-state index is -3.19. The molecule has 0 spiro atoms. The summed E-state index contributed by atoms with van der Waals surface area (Å²) in [6.45, 7) is 1.82. The molecule has 0 radical (unpaired) electrons. The van der Waals surface area contributed by atoms with Gasteiger partial charge in [0, 0.05) is 20.2 Å². The molecule has 0 unspecified atom stereocenters. The summed E-state index contributed by atoms with van der Waals surface area (Å²) in [5.74, 6) is 0.569. The van der Waals surface area contributed by atoms with Crippen molar-refractivity contribution < 1.29 is 8.42 Å². The van der Waals surface area contributed by atoms with Gasteiger partial charge in [-0.15, -0.1) is 0 Å². The quantitative estimate of drug-likeness (QED) is 0.686. The smallest absolute Gasteiger partial charge is 0.233 e. The maximum atomic E-state index is 11.2. The largest absolute Gasteiger partial charge is 0.257 e. The van der Waals surface area contributed by atoms with Crippen molar-refractivity contribution in [1.29, 1.82) is 0 Å². The van der Waals surface area contributed by atoms with Crippen molar-refractivity contribution >= 4 is 15.8 Å². The van der Waals surface area contributed by atoms with Crippen LogP contribution in [0.5, 0.6) is 0 Å². The van der Waals surface area contributed by atoms with E-state index in [0.29, 0.717) is 5.82 Å². The van der Waals surface area contributed by atoms with E-state index in [1.54, 1.807) is 13.1 Å². The summed E-state index contributed by atoms with van der Waals surface area (Å²) >= 11 is 0. The highest BCUT2D eigenvalue weighted by atomic mass is 32.2. The number of nitrogens with zero attached hydrogens (tertiary/aromatic N) is 3. The molecule has 0 atom stereocenters. The zero-order chi connectivity index (χ0) is 10.2. The minimum Gasteiger partial charge on any atom is -0.257 e. The summed E-state index contributed by atoms with van der Waals surface area (Å²) in [6, 6.07) is 1.72. The summed E-state index contributed by atoms with van der Waals surface area (Å²) in [4.78, 5) is 0. The summed E-state index contributed by atoms with van der Waals surface area (Å²) in [5.41, 5.74) is 0.799. The fraction of sp³-hybridized carbons (Fsp3) is 0.571. The fourth-order valence-electron chi connectivity index (χ4n) is 1.06. The summed E-state index contributed by atoms with van der Waals surface area (Å²) < 4.78 is 25.1. The third-order valence-corrected chi connectivity index (χ3v) is 2.98. The van der Waals surface area contributed by atoms with Gasteiger partial charge in [-0.25, -0.2) is 8.42 Å². The zero-order valence-electron chi connectivity index (χ0n) is 8.14. The third kappa shape index (κ3) is 2.00. The molecular weight excluding hydrogens is 190 g/mol. The standard InChI is InChI=1S/C7H13N3O2S/c1-6-5-7(9(2)8-6)10(3)13(4,11)12/h5H,1-4H3. The first kappa shape index (κ1) is 10.0. The Hall–Kier alpha value is -1.04.